The molecule has 96 valence electrons. The highest BCUT2D eigenvalue weighted by molar-refractivity contribution is 9.11. The number of anilines is 1. The first-order chi connectivity index (χ1) is 8.32. The summed E-state index contributed by atoms with van der Waals surface area (Å²) in [6.07, 6.45) is 0. The van der Waals surface area contributed by atoms with Crippen molar-refractivity contribution in [2.24, 2.45) is 0 Å². The fraction of sp³-hybridized carbons (Fsp3) is 0.357. The second-order valence-electron chi connectivity index (χ2n) is 5.34. The molecule has 18 heavy (non-hydrogen) atoms. The SMILES string of the molecule is CNc1cc(C(C)(C)C)nc2c(Br)cc(Br)cc12. The normalized spacial score (nSPS) is 11.9. The van der Waals surface area contributed by atoms with Gasteiger partial charge in [-0.15, -0.1) is 0 Å². The molecule has 1 aromatic heterocycles. The lowest BCUT2D eigenvalue weighted by molar-refractivity contribution is 0.572. The number of hydrogen-bond donors (Lipinski definition) is 1. The monoisotopic (exact) mass is 370 g/mol. The van der Waals surface area contributed by atoms with Crippen molar-refractivity contribution in [2.75, 3.05) is 12.4 Å². The quantitative estimate of drug-likeness (QED) is 0.754. The lowest BCUT2D eigenvalue weighted by atomic mass is 9.91. The fourth-order valence-corrected chi connectivity index (χ4v) is 3.16. The van der Waals surface area contributed by atoms with Gasteiger partial charge in [-0.3, -0.25) is 4.98 Å². The second-order valence-corrected chi connectivity index (χ2v) is 7.11. The average Bonchev–Trinajstić information content (AvgIpc) is 2.26. The summed E-state index contributed by atoms with van der Waals surface area (Å²) < 4.78 is 2.05. The van der Waals surface area contributed by atoms with E-state index in [-0.39, 0.29) is 5.41 Å². The Labute approximate surface area is 124 Å². The molecule has 0 saturated carbocycles. The lowest BCUT2D eigenvalue weighted by Gasteiger charge is -2.20. The molecule has 2 aromatic rings. The third kappa shape index (κ3) is 2.54. The standard InChI is InChI=1S/C14H16Br2N2/c1-14(2,3)12-7-11(17-4)9-5-8(15)6-10(16)13(9)18-12/h5-7H,1-4H3,(H,17,18). The number of halogens is 2. The third-order valence-corrected chi connectivity index (χ3v) is 3.93. The molecule has 0 aliphatic heterocycles. The van der Waals surface area contributed by atoms with E-state index in [2.05, 4.69) is 70.1 Å². The maximum Gasteiger partial charge on any atom is 0.0869 e. The van der Waals surface area contributed by atoms with Gasteiger partial charge in [-0.1, -0.05) is 36.7 Å². The molecule has 0 saturated heterocycles. The molecule has 0 fully saturated rings. The Morgan fingerprint density at radius 2 is 1.78 bits per heavy atom. The van der Waals surface area contributed by atoms with E-state index in [4.69, 9.17) is 4.98 Å². The summed E-state index contributed by atoms with van der Waals surface area (Å²) >= 11 is 7.11. The van der Waals surface area contributed by atoms with E-state index < -0.39 is 0 Å². The number of nitrogens with one attached hydrogen (secondary N) is 1. The number of pyridine rings is 1. The van der Waals surface area contributed by atoms with Gasteiger partial charge in [0, 0.05) is 38.2 Å². The Bertz CT molecular complexity index is 601. The van der Waals surface area contributed by atoms with Gasteiger partial charge in [0.05, 0.1) is 5.52 Å². The zero-order chi connectivity index (χ0) is 13.5. The Morgan fingerprint density at radius 3 is 2.33 bits per heavy atom. The number of fused-ring (bicyclic) bond motifs is 1. The van der Waals surface area contributed by atoms with Crippen LogP contribution in [0.5, 0.6) is 0 Å². The molecule has 2 nitrogen and oxygen atoms in total. The van der Waals surface area contributed by atoms with Crippen molar-refractivity contribution in [1.82, 2.24) is 4.98 Å². The molecule has 0 unspecified atom stereocenters. The van der Waals surface area contributed by atoms with E-state index in [1.165, 1.54) is 0 Å². The van der Waals surface area contributed by atoms with Gasteiger partial charge in [0.15, 0.2) is 0 Å². The molecular formula is C14H16Br2N2. The van der Waals surface area contributed by atoms with Crippen LogP contribution in [0, 0.1) is 0 Å². The maximum absolute atomic E-state index is 4.79. The number of nitrogens with zero attached hydrogens (tertiary/aromatic N) is 1. The Balaban J connectivity index is 2.84. The van der Waals surface area contributed by atoms with Crippen LogP contribution in [0.4, 0.5) is 5.69 Å². The molecule has 0 radical (unpaired) electrons. The number of hydrogen-bond acceptors (Lipinski definition) is 2. The van der Waals surface area contributed by atoms with Crippen LogP contribution in [-0.4, -0.2) is 12.0 Å². The van der Waals surface area contributed by atoms with E-state index in [0.29, 0.717) is 0 Å². The van der Waals surface area contributed by atoms with E-state index in [9.17, 15) is 0 Å². The van der Waals surface area contributed by atoms with Crippen LogP contribution in [0.1, 0.15) is 26.5 Å². The summed E-state index contributed by atoms with van der Waals surface area (Å²) in [4.78, 5) is 4.79. The lowest BCUT2D eigenvalue weighted by Crippen LogP contribution is -2.14. The van der Waals surface area contributed by atoms with Crippen molar-refractivity contribution < 1.29 is 0 Å². The minimum Gasteiger partial charge on any atom is -0.388 e. The smallest absolute Gasteiger partial charge is 0.0869 e. The van der Waals surface area contributed by atoms with Gasteiger partial charge in [0.2, 0.25) is 0 Å². The molecule has 2 rings (SSSR count). The van der Waals surface area contributed by atoms with Crippen LogP contribution in [-0.2, 0) is 5.41 Å². The predicted octanol–water partition coefficient (Wildman–Crippen LogP) is 5.10. The van der Waals surface area contributed by atoms with Crippen molar-refractivity contribution in [3.05, 3.63) is 32.8 Å². The van der Waals surface area contributed by atoms with Gasteiger partial charge in [-0.25, -0.2) is 0 Å². The first-order valence-corrected chi connectivity index (χ1v) is 7.39. The van der Waals surface area contributed by atoms with Crippen LogP contribution in [0.3, 0.4) is 0 Å². The van der Waals surface area contributed by atoms with E-state index in [0.717, 1.165) is 31.2 Å². The van der Waals surface area contributed by atoms with E-state index in [1.54, 1.807) is 0 Å². The molecule has 0 atom stereocenters. The fourth-order valence-electron chi connectivity index (χ4n) is 1.84. The summed E-state index contributed by atoms with van der Waals surface area (Å²) in [5, 5.41) is 4.37. The Hall–Kier alpha value is -0.610. The minimum absolute atomic E-state index is 0.0340. The predicted molar refractivity (Wildman–Crippen MR) is 85.4 cm³/mol. The summed E-state index contributed by atoms with van der Waals surface area (Å²) in [6.45, 7) is 6.52. The van der Waals surface area contributed by atoms with Crippen molar-refractivity contribution in [1.29, 1.82) is 0 Å². The Morgan fingerprint density at radius 1 is 1.11 bits per heavy atom. The highest BCUT2D eigenvalue weighted by Crippen LogP contribution is 2.34. The second kappa shape index (κ2) is 4.82. The summed E-state index contributed by atoms with van der Waals surface area (Å²) in [6, 6.07) is 6.24. The van der Waals surface area contributed by atoms with Gasteiger partial charge in [-0.2, -0.15) is 0 Å². The van der Waals surface area contributed by atoms with Crippen molar-refractivity contribution in [3.63, 3.8) is 0 Å². The minimum atomic E-state index is 0.0340. The largest absolute Gasteiger partial charge is 0.388 e. The van der Waals surface area contributed by atoms with Crippen molar-refractivity contribution in [3.8, 4) is 0 Å². The molecule has 0 aliphatic carbocycles. The molecule has 1 aromatic carbocycles. The third-order valence-electron chi connectivity index (χ3n) is 2.87. The number of benzene rings is 1. The summed E-state index contributed by atoms with van der Waals surface area (Å²) in [7, 11) is 1.94. The average molecular weight is 372 g/mol. The summed E-state index contributed by atoms with van der Waals surface area (Å²) in [5.41, 5.74) is 3.22. The number of rotatable bonds is 1. The maximum atomic E-state index is 4.79. The van der Waals surface area contributed by atoms with Gasteiger partial charge < -0.3 is 5.32 Å². The van der Waals surface area contributed by atoms with Crippen LogP contribution in [0.15, 0.2) is 27.1 Å². The first kappa shape index (κ1) is 13.8. The van der Waals surface area contributed by atoms with Crippen LogP contribution in [0.2, 0.25) is 0 Å². The highest BCUT2D eigenvalue weighted by Gasteiger charge is 2.18. The molecule has 0 bridgehead atoms. The molecule has 0 aliphatic rings. The zero-order valence-corrected chi connectivity index (χ0v) is 14.1. The molecular weight excluding hydrogens is 356 g/mol. The van der Waals surface area contributed by atoms with Crippen LogP contribution >= 0.6 is 31.9 Å². The van der Waals surface area contributed by atoms with Gasteiger partial charge >= 0.3 is 0 Å². The molecule has 1 heterocycles. The molecule has 1 N–H and O–H groups in total. The molecule has 4 heteroatoms. The molecule has 0 amide bonds. The van der Waals surface area contributed by atoms with E-state index in [1.807, 2.05) is 13.1 Å². The number of aromatic nitrogens is 1. The van der Waals surface area contributed by atoms with Gasteiger partial charge in [-0.05, 0) is 34.1 Å². The Kier molecular flexibility index (Phi) is 3.70. The topological polar surface area (TPSA) is 24.9 Å². The molecule has 0 spiro atoms. The van der Waals surface area contributed by atoms with E-state index >= 15 is 0 Å². The van der Waals surface area contributed by atoms with Gasteiger partial charge in [0.1, 0.15) is 0 Å². The summed E-state index contributed by atoms with van der Waals surface area (Å²) in [5.74, 6) is 0. The first-order valence-electron chi connectivity index (χ1n) is 5.81. The zero-order valence-electron chi connectivity index (χ0n) is 10.9. The highest BCUT2D eigenvalue weighted by atomic mass is 79.9. The van der Waals surface area contributed by atoms with Crippen LogP contribution in [0.25, 0.3) is 10.9 Å². The van der Waals surface area contributed by atoms with Crippen LogP contribution < -0.4 is 5.32 Å². The van der Waals surface area contributed by atoms with Crippen molar-refractivity contribution in [2.45, 2.75) is 26.2 Å². The van der Waals surface area contributed by atoms with Gasteiger partial charge in [0.25, 0.3) is 0 Å². The van der Waals surface area contributed by atoms with Crippen molar-refractivity contribution >= 4 is 48.5 Å².